The highest BCUT2D eigenvalue weighted by molar-refractivity contribution is 6.34. The second kappa shape index (κ2) is 6.54. The Kier molecular flexibility index (Phi) is 4.75. The molecule has 0 saturated carbocycles. The van der Waals surface area contributed by atoms with Crippen LogP contribution in [0.3, 0.4) is 0 Å². The lowest BCUT2D eigenvalue weighted by molar-refractivity contribution is 0.102. The average molecular weight is 308 g/mol. The van der Waals surface area contributed by atoms with Crippen molar-refractivity contribution in [1.29, 1.82) is 0 Å². The van der Waals surface area contributed by atoms with E-state index in [0.717, 1.165) is 0 Å². The fraction of sp³-hybridized carbons (Fsp3) is 0.200. The van der Waals surface area contributed by atoms with Crippen LogP contribution in [0.15, 0.2) is 30.5 Å². The van der Waals surface area contributed by atoms with Gasteiger partial charge in [0.25, 0.3) is 5.91 Å². The first-order chi connectivity index (χ1) is 10.0. The van der Waals surface area contributed by atoms with Crippen molar-refractivity contribution >= 4 is 29.0 Å². The molecule has 0 fully saturated rings. The third kappa shape index (κ3) is 3.70. The molecule has 2 rings (SSSR count). The standard InChI is InChI=1S/C15H15ClFN3O/c1-3-18-14-7-11(12(16)8-19-14)15(21)20-10-4-5-13(17)9(2)6-10/h4-8H,3H2,1-2H3,(H,18,19)(H,20,21). The van der Waals surface area contributed by atoms with E-state index in [0.29, 0.717) is 29.2 Å². The van der Waals surface area contributed by atoms with E-state index < -0.39 is 0 Å². The number of anilines is 2. The zero-order chi connectivity index (χ0) is 15.4. The second-order valence-electron chi connectivity index (χ2n) is 4.50. The van der Waals surface area contributed by atoms with Gasteiger partial charge in [0.2, 0.25) is 0 Å². The van der Waals surface area contributed by atoms with Gasteiger partial charge in [-0.3, -0.25) is 4.79 Å². The normalized spacial score (nSPS) is 10.3. The average Bonchev–Trinajstić information content (AvgIpc) is 2.45. The maximum Gasteiger partial charge on any atom is 0.257 e. The number of hydrogen-bond acceptors (Lipinski definition) is 3. The number of carbonyl (C=O) groups is 1. The molecule has 0 spiro atoms. The minimum atomic E-state index is -0.368. The smallest absolute Gasteiger partial charge is 0.257 e. The van der Waals surface area contributed by atoms with Crippen molar-refractivity contribution in [1.82, 2.24) is 4.98 Å². The van der Waals surface area contributed by atoms with Gasteiger partial charge in [-0.15, -0.1) is 0 Å². The van der Waals surface area contributed by atoms with Crippen molar-refractivity contribution < 1.29 is 9.18 Å². The molecule has 0 unspecified atom stereocenters. The van der Waals surface area contributed by atoms with E-state index >= 15 is 0 Å². The summed E-state index contributed by atoms with van der Waals surface area (Å²) >= 11 is 6.00. The molecule has 0 saturated heterocycles. The van der Waals surface area contributed by atoms with Crippen LogP contribution in [0, 0.1) is 12.7 Å². The summed E-state index contributed by atoms with van der Waals surface area (Å²) in [5, 5.41) is 5.96. The van der Waals surface area contributed by atoms with Gasteiger partial charge in [-0.2, -0.15) is 0 Å². The van der Waals surface area contributed by atoms with E-state index in [2.05, 4.69) is 15.6 Å². The zero-order valence-corrected chi connectivity index (χ0v) is 12.5. The van der Waals surface area contributed by atoms with Crippen LogP contribution < -0.4 is 10.6 Å². The Hall–Kier alpha value is -2.14. The van der Waals surface area contributed by atoms with E-state index in [9.17, 15) is 9.18 Å². The molecule has 1 aromatic carbocycles. The van der Waals surface area contributed by atoms with Crippen LogP contribution in [0.25, 0.3) is 0 Å². The van der Waals surface area contributed by atoms with Gasteiger partial charge in [0.05, 0.1) is 10.6 Å². The highest BCUT2D eigenvalue weighted by atomic mass is 35.5. The third-order valence-electron chi connectivity index (χ3n) is 2.87. The van der Waals surface area contributed by atoms with Gasteiger partial charge in [0.1, 0.15) is 11.6 Å². The molecule has 0 aliphatic rings. The van der Waals surface area contributed by atoms with E-state index in [1.54, 1.807) is 19.1 Å². The van der Waals surface area contributed by atoms with E-state index in [1.807, 2.05) is 6.92 Å². The number of nitrogens with zero attached hydrogens (tertiary/aromatic N) is 1. The first-order valence-corrected chi connectivity index (χ1v) is 6.86. The number of halogens is 2. The van der Waals surface area contributed by atoms with Crippen molar-refractivity contribution in [2.45, 2.75) is 13.8 Å². The summed E-state index contributed by atoms with van der Waals surface area (Å²) in [6.45, 7) is 4.25. The molecule has 1 amide bonds. The number of pyridine rings is 1. The van der Waals surface area contributed by atoms with Gasteiger partial charge in [0, 0.05) is 18.4 Å². The van der Waals surface area contributed by atoms with Crippen molar-refractivity contribution in [2.75, 3.05) is 17.2 Å². The summed E-state index contributed by atoms with van der Waals surface area (Å²) in [5.74, 6) is -0.112. The Morgan fingerprint density at radius 2 is 2.14 bits per heavy atom. The van der Waals surface area contributed by atoms with Gasteiger partial charge in [0.15, 0.2) is 0 Å². The first-order valence-electron chi connectivity index (χ1n) is 6.48. The van der Waals surface area contributed by atoms with Crippen LogP contribution >= 0.6 is 11.6 Å². The molecule has 2 N–H and O–H groups in total. The number of nitrogens with one attached hydrogen (secondary N) is 2. The molecule has 0 radical (unpaired) electrons. The van der Waals surface area contributed by atoms with E-state index in [-0.39, 0.29) is 16.7 Å². The zero-order valence-electron chi connectivity index (χ0n) is 11.7. The van der Waals surface area contributed by atoms with Gasteiger partial charge < -0.3 is 10.6 Å². The highest BCUT2D eigenvalue weighted by Crippen LogP contribution is 2.20. The molecule has 21 heavy (non-hydrogen) atoms. The van der Waals surface area contributed by atoms with Gasteiger partial charge in [-0.05, 0) is 43.7 Å². The van der Waals surface area contributed by atoms with Crippen molar-refractivity contribution in [3.63, 3.8) is 0 Å². The largest absolute Gasteiger partial charge is 0.370 e. The molecule has 0 aliphatic heterocycles. The summed E-state index contributed by atoms with van der Waals surface area (Å²) in [4.78, 5) is 16.3. The fourth-order valence-corrected chi connectivity index (χ4v) is 2.00. The molecular formula is C15H15ClFN3O. The molecule has 110 valence electrons. The lowest BCUT2D eigenvalue weighted by atomic mass is 10.2. The maximum absolute atomic E-state index is 13.2. The lowest BCUT2D eigenvalue weighted by Gasteiger charge is -2.09. The Bertz CT molecular complexity index is 676. The first kappa shape index (κ1) is 15.3. The molecular weight excluding hydrogens is 293 g/mol. The van der Waals surface area contributed by atoms with Crippen LogP contribution in [0.5, 0.6) is 0 Å². The molecule has 4 nitrogen and oxygen atoms in total. The maximum atomic E-state index is 13.2. The van der Waals surface area contributed by atoms with Gasteiger partial charge in [-0.25, -0.2) is 9.37 Å². The number of rotatable bonds is 4. The number of aryl methyl sites for hydroxylation is 1. The number of aromatic nitrogens is 1. The minimum Gasteiger partial charge on any atom is -0.370 e. The Morgan fingerprint density at radius 1 is 1.38 bits per heavy atom. The topological polar surface area (TPSA) is 54.0 Å². The Balaban J connectivity index is 2.23. The Morgan fingerprint density at radius 3 is 2.81 bits per heavy atom. The quantitative estimate of drug-likeness (QED) is 0.901. The third-order valence-corrected chi connectivity index (χ3v) is 3.17. The molecule has 0 atom stereocenters. The summed E-state index contributed by atoms with van der Waals surface area (Å²) < 4.78 is 13.2. The van der Waals surface area contributed by atoms with Crippen LogP contribution in [-0.4, -0.2) is 17.4 Å². The molecule has 6 heteroatoms. The Labute approximate surface area is 127 Å². The number of benzene rings is 1. The van der Waals surface area contributed by atoms with Gasteiger partial charge >= 0.3 is 0 Å². The molecule has 0 bridgehead atoms. The molecule has 1 aromatic heterocycles. The SMILES string of the molecule is CCNc1cc(C(=O)Nc2ccc(F)c(C)c2)c(Cl)cn1. The number of carbonyl (C=O) groups excluding carboxylic acids is 1. The predicted octanol–water partition coefficient (Wildman–Crippen LogP) is 3.87. The van der Waals surface area contributed by atoms with Crippen molar-refractivity contribution in [3.05, 3.63) is 52.4 Å². The molecule has 2 aromatic rings. The molecule has 1 heterocycles. The lowest BCUT2D eigenvalue weighted by Crippen LogP contribution is -2.14. The number of amides is 1. The van der Waals surface area contributed by atoms with Crippen LogP contribution in [0.2, 0.25) is 5.02 Å². The molecule has 0 aliphatic carbocycles. The van der Waals surface area contributed by atoms with Crippen LogP contribution in [-0.2, 0) is 0 Å². The highest BCUT2D eigenvalue weighted by Gasteiger charge is 2.13. The van der Waals surface area contributed by atoms with Crippen LogP contribution in [0.4, 0.5) is 15.9 Å². The van der Waals surface area contributed by atoms with Gasteiger partial charge in [-0.1, -0.05) is 11.6 Å². The van der Waals surface area contributed by atoms with Crippen molar-refractivity contribution in [3.8, 4) is 0 Å². The van der Waals surface area contributed by atoms with E-state index in [4.69, 9.17) is 11.6 Å². The summed E-state index contributed by atoms with van der Waals surface area (Å²) in [6.07, 6.45) is 1.42. The number of hydrogen-bond donors (Lipinski definition) is 2. The monoisotopic (exact) mass is 307 g/mol. The fourth-order valence-electron chi connectivity index (χ4n) is 1.81. The summed E-state index contributed by atoms with van der Waals surface area (Å²) in [7, 11) is 0. The summed E-state index contributed by atoms with van der Waals surface area (Å²) in [6, 6.07) is 5.95. The van der Waals surface area contributed by atoms with Crippen molar-refractivity contribution in [2.24, 2.45) is 0 Å². The minimum absolute atomic E-state index is 0.257. The summed E-state index contributed by atoms with van der Waals surface area (Å²) in [5.41, 5.74) is 1.28. The van der Waals surface area contributed by atoms with E-state index in [1.165, 1.54) is 18.3 Å². The predicted molar refractivity (Wildman–Crippen MR) is 82.5 cm³/mol. The second-order valence-corrected chi connectivity index (χ2v) is 4.91. The van der Waals surface area contributed by atoms with Crippen LogP contribution in [0.1, 0.15) is 22.8 Å².